The van der Waals surface area contributed by atoms with E-state index in [1.807, 2.05) is 0 Å². The van der Waals surface area contributed by atoms with Crippen LogP contribution in [0.15, 0.2) is 0 Å². The molecular formula is C9H20N2O. The monoisotopic (exact) mass is 172 g/mol. The zero-order valence-electron chi connectivity index (χ0n) is 8.26. The van der Waals surface area contributed by atoms with E-state index in [0.717, 1.165) is 19.5 Å². The minimum Gasteiger partial charge on any atom is -0.379 e. The highest BCUT2D eigenvalue weighted by molar-refractivity contribution is 4.84. The molecule has 0 saturated carbocycles. The summed E-state index contributed by atoms with van der Waals surface area (Å²) in [5.74, 6) is 0. The first-order valence-corrected chi connectivity index (χ1v) is 4.73. The van der Waals surface area contributed by atoms with Crippen molar-refractivity contribution in [3.05, 3.63) is 0 Å². The summed E-state index contributed by atoms with van der Waals surface area (Å²) in [5.41, 5.74) is 0. The van der Waals surface area contributed by atoms with Gasteiger partial charge in [-0.1, -0.05) is 13.8 Å². The van der Waals surface area contributed by atoms with Crippen LogP contribution >= 0.6 is 0 Å². The van der Waals surface area contributed by atoms with Crippen molar-refractivity contribution in [3.8, 4) is 0 Å². The topological polar surface area (TPSA) is 33.3 Å². The minimum atomic E-state index is 0.334. The van der Waals surface area contributed by atoms with Gasteiger partial charge in [0.1, 0.15) is 0 Å². The summed E-state index contributed by atoms with van der Waals surface area (Å²) in [6.07, 6.45) is 1.50. The Morgan fingerprint density at radius 3 is 2.83 bits per heavy atom. The van der Waals surface area contributed by atoms with Gasteiger partial charge in [0.2, 0.25) is 0 Å². The van der Waals surface area contributed by atoms with Gasteiger partial charge in [-0.05, 0) is 13.0 Å². The third-order valence-corrected chi connectivity index (χ3v) is 2.28. The number of ether oxygens (including phenoxy) is 1. The number of hydrogen-bond acceptors (Lipinski definition) is 3. The molecule has 0 aromatic heterocycles. The molecule has 1 aliphatic heterocycles. The Labute approximate surface area is 74.9 Å². The van der Waals surface area contributed by atoms with Crippen molar-refractivity contribution in [2.75, 3.05) is 20.2 Å². The lowest BCUT2D eigenvalue weighted by Gasteiger charge is -2.33. The van der Waals surface area contributed by atoms with E-state index in [2.05, 4.69) is 24.5 Å². The van der Waals surface area contributed by atoms with Gasteiger partial charge < -0.3 is 15.4 Å². The van der Waals surface area contributed by atoms with Crippen molar-refractivity contribution < 1.29 is 4.74 Å². The molecule has 1 heterocycles. The molecule has 0 spiro atoms. The predicted molar refractivity (Wildman–Crippen MR) is 50.3 cm³/mol. The molecule has 72 valence electrons. The summed E-state index contributed by atoms with van der Waals surface area (Å²) in [6.45, 7) is 6.43. The molecule has 1 rings (SSSR count). The lowest BCUT2D eigenvalue weighted by molar-refractivity contribution is 0.0490. The highest BCUT2D eigenvalue weighted by atomic mass is 16.5. The fourth-order valence-electron chi connectivity index (χ4n) is 1.70. The van der Waals surface area contributed by atoms with E-state index in [0.29, 0.717) is 18.2 Å². The van der Waals surface area contributed by atoms with Crippen LogP contribution < -0.4 is 10.6 Å². The van der Waals surface area contributed by atoms with Crippen molar-refractivity contribution >= 4 is 0 Å². The quantitative estimate of drug-likeness (QED) is 0.645. The summed E-state index contributed by atoms with van der Waals surface area (Å²) in [5, 5.41) is 6.84. The van der Waals surface area contributed by atoms with E-state index in [4.69, 9.17) is 4.74 Å². The zero-order chi connectivity index (χ0) is 8.97. The van der Waals surface area contributed by atoms with E-state index >= 15 is 0 Å². The van der Waals surface area contributed by atoms with Crippen LogP contribution in [0.25, 0.3) is 0 Å². The number of methoxy groups -OCH3 is 1. The molecular weight excluding hydrogens is 152 g/mol. The molecule has 1 fully saturated rings. The maximum absolute atomic E-state index is 5.38. The van der Waals surface area contributed by atoms with Crippen LogP contribution in [0, 0.1) is 0 Å². The highest BCUT2D eigenvalue weighted by Crippen LogP contribution is 2.07. The molecule has 0 radical (unpaired) electrons. The minimum absolute atomic E-state index is 0.334. The first-order chi connectivity index (χ1) is 5.74. The number of nitrogens with one attached hydrogen (secondary N) is 2. The summed E-state index contributed by atoms with van der Waals surface area (Å²) in [7, 11) is 1.78. The van der Waals surface area contributed by atoms with Gasteiger partial charge in [-0.3, -0.25) is 0 Å². The SMILES string of the molecule is CO[C@@H]1CNCC[C@@H]1NC(C)C. The third-order valence-electron chi connectivity index (χ3n) is 2.28. The van der Waals surface area contributed by atoms with Crippen molar-refractivity contribution in [1.29, 1.82) is 0 Å². The van der Waals surface area contributed by atoms with Crippen molar-refractivity contribution in [3.63, 3.8) is 0 Å². The first-order valence-electron chi connectivity index (χ1n) is 4.73. The zero-order valence-corrected chi connectivity index (χ0v) is 8.26. The normalized spacial score (nSPS) is 31.0. The lowest BCUT2D eigenvalue weighted by atomic mass is 10.0. The smallest absolute Gasteiger partial charge is 0.0848 e. The summed E-state index contributed by atoms with van der Waals surface area (Å²) < 4.78 is 5.38. The number of rotatable bonds is 3. The second kappa shape index (κ2) is 4.80. The van der Waals surface area contributed by atoms with Crippen LogP contribution in [-0.2, 0) is 4.74 Å². The Hall–Kier alpha value is -0.120. The van der Waals surface area contributed by atoms with Crippen LogP contribution in [0.4, 0.5) is 0 Å². The second-order valence-electron chi connectivity index (χ2n) is 3.69. The Balaban J connectivity index is 2.36. The predicted octanol–water partition coefficient (Wildman–Crippen LogP) is 0.361. The Kier molecular flexibility index (Phi) is 3.98. The molecule has 0 aromatic carbocycles. The lowest BCUT2D eigenvalue weighted by Crippen LogP contribution is -2.53. The Bertz CT molecular complexity index is 128. The molecule has 2 N–H and O–H groups in total. The molecule has 2 atom stereocenters. The van der Waals surface area contributed by atoms with Gasteiger partial charge in [0.15, 0.2) is 0 Å². The molecule has 3 heteroatoms. The van der Waals surface area contributed by atoms with Crippen molar-refractivity contribution in [2.45, 2.75) is 38.5 Å². The van der Waals surface area contributed by atoms with Crippen LogP contribution in [0.5, 0.6) is 0 Å². The summed E-state index contributed by atoms with van der Waals surface area (Å²) in [4.78, 5) is 0. The average Bonchev–Trinajstić information content (AvgIpc) is 2.04. The molecule has 0 aliphatic carbocycles. The van der Waals surface area contributed by atoms with Crippen molar-refractivity contribution in [2.24, 2.45) is 0 Å². The Morgan fingerprint density at radius 2 is 2.25 bits per heavy atom. The molecule has 1 aliphatic rings. The van der Waals surface area contributed by atoms with Crippen LogP contribution in [0.1, 0.15) is 20.3 Å². The Morgan fingerprint density at radius 1 is 1.50 bits per heavy atom. The fraction of sp³-hybridized carbons (Fsp3) is 1.00. The van der Waals surface area contributed by atoms with Gasteiger partial charge in [0.25, 0.3) is 0 Å². The summed E-state index contributed by atoms with van der Waals surface area (Å²) >= 11 is 0. The van der Waals surface area contributed by atoms with Gasteiger partial charge in [-0.15, -0.1) is 0 Å². The van der Waals surface area contributed by atoms with Gasteiger partial charge >= 0.3 is 0 Å². The maximum Gasteiger partial charge on any atom is 0.0848 e. The van der Waals surface area contributed by atoms with Crippen LogP contribution in [0.3, 0.4) is 0 Å². The summed E-state index contributed by atoms with van der Waals surface area (Å²) in [6, 6.07) is 1.07. The largest absolute Gasteiger partial charge is 0.379 e. The highest BCUT2D eigenvalue weighted by Gasteiger charge is 2.24. The van der Waals surface area contributed by atoms with Gasteiger partial charge in [0, 0.05) is 25.7 Å². The molecule has 12 heavy (non-hydrogen) atoms. The molecule has 0 unspecified atom stereocenters. The van der Waals surface area contributed by atoms with Crippen LogP contribution in [0.2, 0.25) is 0 Å². The fourth-order valence-corrected chi connectivity index (χ4v) is 1.70. The standard InChI is InChI=1S/C9H20N2O/c1-7(2)11-8-4-5-10-6-9(8)12-3/h7-11H,4-6H2,1-3H3/t8-,9+/m0/s1. The molecule has 0 amide bonds. The van der Waals surface area contributed by atoms with Gasteiger partial charge in [0.05, 0.1) is 6.10 Å². The maximum atomic E-state index is 5.38. The van der Waals surface area contributed by atoms with E-state index in [9.17, 15) is 0 Å². The van der Waals surface area contributed by atoms with Crippen LogP contribution in [-0.4, -0.2) is 38.4 Å². The first kappa shape index (κ1) is 9.96. The van der Waals surface area contributed by atoms with E-state index < -0.39 is 0 Å². The van der Waals surface area contributed by atoms with Gasteiger partial charge in [-0.2, -0.15) is 0 Å². The van der Waals surface area contributed by atoms with Crippen molar-refractivity contribution in [1.82, 2.24) is 10.6 Å². The second-order valence-corrected chi connectivity index (χ2v) is 3.69. The molecule has 1 saturated heterocycles. The van der Waals surface area contributed by atoms with E-state index in [1.165, 1.54) is 0 Å². The van der Waals surface area contributed by atoms with Gasteiger partial charge in [-0.25, -0.2) is 0 Å². The van der Waals surface area contributed by atoms with E-state index in [1.54, 1.807) is 7.11 Å². The average molecular weight is 172 g/mol. The molecule has 0 aromatic rings. The van der Waals surface area contributed by atoms with E-state index in [-0.39, 0.29) is 0 Å². The number of piperidine rings is 1. The number of hydrogen-bond donors (Lipinski definition) is 2. The third kappa shape index (κ3) is 2.73. The molecule has 3 nitrogen and oxygen atoms in total. The molecule has 0 bridgehead atoms.